The monoisotopic (exact) mass is 583 g/mol. The molecule has 0 atom stereocenters. The van der Waals surface area contributed by atoms with E-state index in [2.05, 4.69) is 33.9 Å². The van der Waals surface area contributed by atoms with Crippen molar-refractivity contribution in [1.29, 1.82) is 0 Å². The van der Waals surface area contributed by atoms with Crippen LogP contribution in [0, 0.1) is 11.6 Å². The molecule has 5 rings (SSSR count). The molecule has 1 saturated heterocycles. The van der Waals surface area contributed by atoms with Crippen LogP contribution in [0.4, 0.5) is 20.2 Å². The van der Waals surface area contributed by atoms with Crippen molar-refractivity contribution in [1.82, 2.24) is 14.9 Å². The number of carbonyl (C=O) groups is 1. The third-order valence-electron chi connectivity index (χ3n) is 7.87. The molecular formula is C31H36ClF2N5O2. The number of carbonyl (C=O) groups excluding carboxylic acids is 1. The van der Waals surface area contributed by atoms with Crippen molar-refractivity contribution in [3.8, 4) is 17.0 Å². The third kappa shape index (κ3) is 5.75. The number of ether oxygens (including phenoxy) is 1. The lowest BCUT2D eigenvalue weighted by molar-refractivity contribution is -0.133. The fourth-order valence-corrected chi connectivity index (χ4v) is 5.87. The maximum atomic E-state index is 15.2. The molecule has 2 aliphatic heterocycles. The second-order valence-corrected chi connectivity index (χ2v) is 12.2. The van der Waals surface area contributed by atoms with E-state index in [0.717, 1.165) is 32.1 Å². The molecule has 3 aromatic rings. The van der Waals surface area contributed by atoms with Crippen LogP contribution in [0.25, 0.3) is 11.3 Å². The molecule has 0 unspecified atom stereocenters. The number of fused-ring (bicyclic) bond motifs is 1. The molecule has 10 heteroatoms. The van der Waals surface area contributed by atoms with E-state index in [1.165, 1.54) is 6.07 Å². The Morgan fingerprint density at radius 2 is 1.80 bits per heavy atom. The van der Waals surface area contributed by atoms with Gasteiger partial charge in [-0.15, -0.1) is 0 Å². The molecule has 0 N–H and O–H groups in total. The topological polar surface area (TPSA) is 61.8 Å². The van der Waals surface area contributed by atoms with E-state index in [1.54, 1.807) is 36.9 Å². The van der Waals surface area contributed by atoms with Crippen LogP contribution in [0.1, 0.15) is 51.9 Å². The van der Waals surface area contributed by atoms with Gasteiger partial charge in [0.2, 0.25) is 0 Å². The van der Waals surface area contributed by atoms with Crippen molar-refractivity contribution in [2.75, 3.05) is 37.0 Å². The Kier molecular flexibility index (Phi) is 7.96. The van der Waals surface area contributed by atoms with Crippen molar-refractivity contribution in [2.24, 2.45) is 0 Å². The van der Waals surface area contributed by atoms with Gasteiger partial charge in [0.1, 0.15) is 17.3 Å². The molecule has 0 saturated carbocycles. The van der Waals surface area contributed by atoms with Gasteiger partial charge in [-0.3, -0.25) is 4.79 Å². The molecule has 7 nitrogen and oxygen atoms in total. The van der Waals surface area contributed by atoms with Crippen LogP contribution in [0.3, 0.4) is 0 Å². The quantitative estimate of drug-likeness (QED) is 0.349. The van der Waals surface area contributed by atoms with Crippen LogP contribution in [0.5, 0.6) is 5.75 Å². The molecule has 1 aromatic heterocycles. The molecule has 0 aliphatic carbocycles. The molecule has 1 fully saturated rings. The Labute approximate surface area is 245 Å². The number of rotatable bonds is 6. The molecule has 2 aromatic carbocycles. The minimum Gasteiger partial charge on any atom is -0.474 e. The number of benzene rings is 2. The fourth-order valence-electron chi connectivity index (χ4n) is 5.62. The minimum absolute atomic E-state index is 0.0431. The first-order valence-electron chi connectivity index (χ1n) is 13.9. The number of anilines is 2. The summed E-state index contributed by atoms with van der Waals surface area (Å²) in [5, 5.41) is 0.246. The van der Waals surface area contributed by atoms with Crippen LogP contribution in [-0.4, -0.2) is 65.6 Å². The van der Waals surface area contributed by atoms with Crippen molar-refractivity contribution in [3.63, 3.8) is 0 Å². The van der Waals surface area contributed by atoms with E-state index in [-0.39, 0.29) is 34.9 Å². The molecule has 218 valence electrons. The zero-order chi connectivity index (χ0) is 29.6. The SMILES string of the molecule is CC(C)N1C(=O)C(C)(C)Oc2c(Cl)cc(-c3nc(Cc4ccc(N5CCC(N(C)C)CC5)c(F)c4)ncc3F)cc21. The van der Waals surface area contributed by atoms with Crippen LogP contribution in [-0.2, 0) is 11.2 Å². The molecule has 0 spiro atoms. The van der Waals surface area contributed by atoms with Crippen molar-refractivity contribution < 1.29 is 18.3 Å². The van der Waals surface area contributed by atoms with E-state index in [4.69, 9.17) is 16.3 Å². The van der Waals surface area contributed by atoms with E-state index in [1.807, 2.05) is 19.9 Å². The largest absolute Gasteiger partial charge is 0.474 e. The van der Waals surface area contributed by atoms with E-state index < -0.39 is 11.4 Å². The van der Waals surface area contributed by atoms with E-state index >= 15 is 8.78 Å². The lowest BCUT2D eigenvalue weighted by atomic mass is 10.00. The van der Waals surface area contributed by atoms with Gasteiger partial charge in [0.15, 0.2) is 17.2 Å². The van der Waals surface area contributed by atoms with Gasteiger partial charge >= 0.3 is 0 Å². The predicted octanol–water partition coefficient (Wildman–Crippen LogP) is 6.11. The Bertz CT molecular complexity index is 1470. The van der Waals surface area contributed by atoms with Gasteiger partial charge in [-0.25, -0.2) is 18.7 Å². The highest BCUT2D eigenvalue weighted by molar-refractivity contribution is 6.33. The summed E-state index contributed by atoms with van der Waals surface area (Å²) in [6, 6.07) is 8.74. The fraction of sp³-hybridized carbons (Fsp3) is 0.452. The molecular weight excluding hydrogens is 548 g/mol. The summed E-state index contributed by atoms with van der Waals surface area (Å²) in [5.74, 6) is -0.444. The van der Waals surface area contributed by atoms with Crippen molar-refractivity contribution in [2.45, 2.75) is 64.6 Å². The number of hydrogen-bond acceptors (Lipinski definition) is 6. The van der Waals surface area contributed by atoms with Gasteiger partial charge in [-0.1, -0.05) is 17.7 Å². The second-order valence-electron chi connectivity index (χ2n) is 11.8. The van der Waals surface area contributed by atoms with Crippen LogP contribution >= 0.6 is 11.6 Å². The predicted molar refractivity (Wildman–Crippen MR) is 158 cm³/mol. The lowest BCUT2D eigenvalue weighted by Gasteiger charge is -2.41. The number of nitrogens with zero attached hydrogens (tertiary/aromatic N) is 5. The molecule has 1 amide bonds. The Balaban J connectivity index is 1.41. The summed E-state index contributed by atoms with van der Waals surface area (Å²) in [7, 11) is 4.16. The highest BCUT2D eigenvalue weighted by Crippen LogP contribution is 2.46. The third-order valence-corrected chi connectivity index (χ3v) is 8.15. The molecule has 0 bridgehead atoms. The zero-order valence-corrected chi connectivity index (χ0v) is 25.1. The lowest BCUT2D eigenvalue weighted by Crippen LogP contribution is -2.54. The first-order valence-corrected chi connectivity index (χ1v) is 14.3. The molecule has 2 aliphatic rings. The maximum Gasteiger partial charge on any atom is 0.270 e. The number of halogens is 3. The minimum atomic E-state index is -1.09. The summed E-state index contributed by atoms with van der Waals surface area (Å²) >= 11 is 6.61. The number of hydrogen-bond donors (Lipinski definition) is 0. The first kappa shape index (κ1) is 29.2. The summed E-state index contributed by atoms with van der Waals surface area (Å²) in [5.41, 5.74) is 1.07. The summed E-state index contributed by atoms with van der Waals surface area (Å²) < 4.78 is 36.2. The summed E-state index contributed by atoms with van der Waals surface area (Å²) in [6.07, 6.45) is 3.30. The number of amides is 1. The van der Waals surface area contributed by atoms with Gasteiger partial charge in [-0.05, 0) is 84.5 Å². The van der Waals surface area contributed by atoms with Gasteiger partial charge in [0.25, 0.3) is 5.91 Å². The standard InChI is InChI=1S/C31H36ClF2N5O2/c1-18(2)39-26-16-20(15-22(32)29(26)41-31(3,4)30(39)40)28-24(34)17-35-27(36-28)14-19-7-8-25(23(33)13-19)38-11-9-21(10-12-38)37(5)6/h7-8,13,15-18,21H,9-12,14H2,1-6H3. The van der Waals surface area contributed by atoms with Gasteiger partial charge < -0.3 is 19.4 Å². The highest BCUT2D eigenvalue weighted by atomic mass is 35.5. The summed E-state index contributed by atoms with van der Waals surface area (Å²) in [6.45, 7) is 8.77. The average molecular weight is 584 g/mol. The Hall–Kier alpha value is -3.30. The second kappa shape index (κ2) is 11.2. The summed E-state index contributed by atoms with van der Waals surface area (Å²) in [4.78, 5) is 27.7. The molecule has 41 heavy (non-hydrogen) atoms. The average Bonchev–Trinajstić information content (AvgIpc) is 2.91. The normalized spacial score (nSPS) is 17.3. The van der Waals surface area contributed by atoms with Crippen LogP contribution < -0.4 is 14.5 Å². The number of aromatic nitrogens is 2. The van der Waals surface area contributed by atoms with Crippen molar-refractivity contribution >= 4 is 28.9 Å². The smallest absolute Gasteiger partial charge is 0.270 e. The maximum absolute atomic E-state index is 15.2. The number of piperidine rings is 1. The Morgan fingerprint density at radius 1 is 1.10 bits per heavy atom. The Morgan fingerprint density at radius 3 is 2.44 bits per heavy atom. The highest BCUT2D eigenvalue weighted by Gasteiger charge is 2.43. The zero-order valence-electron chi connectivity index (χ0n) is 24.3. The first-order chi connectivity index (χ1) is 19.4. The molecule has 0 radical (unpaired) electrons. The van der Waals surface area contributed by atoms with Crippen molar-refractivity contribution in [3.05, 3.63) is 64.6 Å². The van der Waals surface area contributed by atoms with Gasteiger partial charge in [-0.2, -0.15) is 0 Å². The van der Waals surface area contributed by atoms with E-state index in [9.17, 15) is 4.79 Å². The molecule has 3 heterocycles. The van der Waals surface area contributed by atoms with Gasteiger partial charge in [0.05, 0.1) is 22.6 Å². The van der Waals surface area contributed by atoms with Crippen LogP contribution in [0.15, 0.2) is 36.5 Å². The van der Waals surface area contributed by atoms with Gasteiger partial charge in [0, 0.05) is 37.2 Å². The van der Waals surface area contributed by atoms with E-state index in [0.29, 0.717) is 40.1 Å². The van der Waals surface area contributed by atoms with Crippen LogP contribution in [0.2, 0.25) is 5.02 Å².